The topological polar surface area (TPSA) is 43.1 Å². The predicted octanol–water partition coefficient (Wildman–Crippen LogP) is 2.93. The van der Waals surface area contributed by atoms with Crippen LogP contribution in [0, 0.1) is 20.8 Å². The lowest BCUT2D eigenvalue weighted by Crippen LogP contribution is -2.38. The van der Waals surface area contributed by atoms with Crippen molar-refractivity contribution in [2.75, 3.05) is 6.54 Å². The van der Waals surface area contributed by atoms with Crippen molar-refractivity contribution in [1.29, 1.82) is 0 Å². The first-order valence-electron chi connectivity index (χ1n) is 8.48. The van der Waals surface area contributed by atoms with Crippen LogP contribution in [0.25, 0.3) is 0 Å². The van der Waals surface area contributed by atoms with E-state index in [4.69, 9.17) is 0 Å². The zero-order valence-electron chi connectivity index (χ0n) is 14.5. The van der Waals surface area contributed by atoms with Crippen LogP contribution in [-0.4, -0.2) is 37.7 Å². The molecule has 1 unspecified atom stereocenters. The molecule has 1 saturated heterocycles. The van der Waals surface area contributed by atoms with Gasteiger partial charge >= 0.3 is 0 Å². The van der Waals surface area contributed by atoms with E-state index < -0.39 is 0 Å². The molecule has 0 bridgehead atoms. The highest BCUT2D eigenvalue weighted by molar-refractivity contribution is 5.96. The average molecular weight is 314 g/mol. The molecule has 23 heavy (non-hydrogen) atoms. The van der Waals surface area contributed by atoms with Gasteiger partial charge in [-0.25, -0.2) is 0 Å². The maximum Gasteiger partial charge on any atom is 0.255 e. The Morgan fingerprint density at radius 1 is 1.35 bits per heavy atom. The molecule has 0 spiro atoms. The van der Waals surface area contributed by atoms with Gasteiger partial charge in [-0.15, -0.1) is 0 Å². The van der Waals surface area contributed by atoms with Gasteiger partial charge in [-0.3, -0.25) is 9.48 Å². The van der Waals surface area contributed by atoms with E-state index in [2.05, 4.69) is 23.5 Å². The molecule has 2 aromatic rings. The summed E-state index contributed by atoms with van der Waals surface area (Å²) in [6.45, 7) is 10.8. The number of hydrogen-bond donors (Lipinski definition) is 0. The van der Waals surface area contributed by atoms with Crippen LogP contribution in [0.15, 0.2) is 18.5 Å². The molecule has 0 radical (unpaired) electrons. The summed E-state index contributed by atoms with van der Waals surface area (Å²) in [4.78, 5) is 15.1. The third-order valence-electron chi connectivity index (χ3n) is 4.92. The van der Waals surface area contributed by atoms with Crippen LogP contribution >= 0.6 is 0 Å². The molecule has 1 aliphatic heterocycles. The van der Waals surface area contributed by atoms with E-state index in [0.29, 0.717) is 0 Å². The van der Waals surface area contributed by atoms with Crippen LogP contribution in [0.1, 0.15) is 47.1 Å². The third-order valence-corrected chi connectivity index (χ3v) is 4.92. The second-order valence-electron chi connectivity index (χ2n) is 6.56. The minimum Gasteiger partial charge on any atom is -0.349 e. The molecule has 1 aliphatic rings. The Kier molecular flexibility index (Phi) is 4.28. The van der Waals surface area contributed by atoms with Crippen molar-refractivity contribution in [3.63, 3.8) is 0 Å². The summed E-state index contributed by atoms with van der Waals surface area (Å²) >= 11 is 0. The summed E-state index contributed by atoms with van der Waals surface area (Å²) in [6.07, 6.45) is 6.04. The molecule has 0 aliphatic carbocycles. The highest BCUT2D eigenvalue weighted by Crippen LogP contribution is 2.24. The monoisotopic (exact) mass is 314 g/mol. The molecule has 1 atom stereocenters. The molecule has 0 N–H and O–H groups in total. The molecule has 5 heteroatoms. The lowest BCUT2D eigenvalue weighted by molar-refractivity contribution is 0.0721. The zero-order valence-corrected chi connectivity index (χ0v) is 14.5. The van der Waals surface area contributed by atoms with Crippen molar-refractivity contribution in [3.05, 3.63) is 41.0 Å². The van der Waals surface area contributed by atoms with Gasteiger partial charge in [-0.2, -0.15) is 5.10 Å². The highest BCUT2D eigenvalue weighted by atomic mass is 16.2. The summed E-state index contributed by atoms with van der Waals surface area (Å²) in [6, 6.07) is 2.28. The van der Waals surface area contributed by atoms with Crippen LogP contribution in [0.5, 0.6) is 0 Å². The van der Waals surface area contributed by atoms with Gasteiger partial charge in [0, 0.05) is 30.7 Å². The molecule has 0 aromatic carbocycles. The predicted molar refractivity (Wildman–Crippen MR) is 90.6 cm³/mol. The van der Waals surface area contributed by atoms with E-state index in [-0.39, 0.29) is 11.9 Å². The average Bonchev–Trinajstić information content (AvgIpc) is 3.20. The Morgan fingerprint density at radius 3 is 2.74 bits per heavy atom. The fourth-order valence-corrected chi connectivity index (χ4v) is 3.73. The summed E-state index contributed by atoms with van der Waals surface area (Å²) in [5.41, 5.74) is 4.25. The molecule has 2 aromatic heterocycles. The Bertz CT molecular complexity index is 713. The first-order valence-corrected chi connectivity index (χ1v) is 8.48. The van der Waals surface area contributed by atoms with Crippen LogP contribution in [0.2, 0.25) is 0 Å². The van der Waals surface area contributed by atoms with Gasteiger partial charge in [0.1, 0.15) is 0 Å². The first-order chi connectivity index (χ1) is 11.0. The van der Waals surface area contributed by atoms with Crippen molar-refractivity contribution in [2.45, 2.75) is 59.7 Å². The molecular formula is C18H26N4O. The number of aromatic nitrogens is 3. The fourth-order valence-electron chi connectivity index (χ4n) is 3.73. The molecule has 3 rings (SSSR count). The SMILES string of the molecule is CCn1c(C)cc(C(=O)N2CCCC2Cn2cc(C)cn2)c1C. The van der Waals surface area contributed by atoms with Crippen LogP contribution in [-0.2, 0) is 13.1 Å². The van der Waals surface area contributed by atoms with E-state index in [9.17, 15) is 4.79 Å². The lowest BCUT2D eigenvalue weighted by atomic mass is 10.1. The molecule has 1 amide bonds. The third kappa shape index (κ3) is 2.92. The smallest absolute Gasteiger partial charge is 0.255 e. The minimum absolute atomic E-state index is 0.171. The second kappa shape index (κ2) is 6.22. The van der Waals surface area contributed by atoms with Crippen molar-refractivity contribution in [3.8, 4) is 0 Å². The van der Waals surface area contributed by atoms with Crippen LogP contribution in [0.3, 0.4) is 0 Å². The maximum absolute atomic E-state index is 13.0. The minimum atomic E-state index is 0.171. The Morgan fingerprint density at radius 2 is 2.13 bits per heavy atom. The number of carbonyl (C=O) groups is 1. The van der Waals surface area contributed by atoms with Crippen molar-refractivity contribution >= 4 is 5.91 Å². The van der Waals surface area contributed by atoms with Gasteiger partial charge in [0.05, 0.1) is 24.3 Å². The van der Waals surface area contributed by atoms with Gasteiger partial charge in [-0.1, -0.05) is 0 Å². The van der Waals surface area contributed by atoms with Crippen molar-refractivity contribution in [1.82, 2.24) is 19.2 Å². The van der Waals surface area contributed by atoms with Crippen molar-refractivity contribution in [2.24, 2.45) is 0 Å². The molecule has 1 fully saturated rings. The Labute approximate surface area is 137 Å². The van der Waals surface area contributed by atoms with Gasteiger partial charge in [0.15, 0.2) is 0 Å². The van der Waals surface area contributed by atoms with E-state index in [1.807, 2.05) is 41.9 Å². The summed E-state index contributed by atoms with van der Waals surface area (Å²) in [5, 5.41) is 4.37. The molecule has 3 heterocycles. The van der Waals surface area contributed by atoms with E-state index in [1.165, 1.54) is 0 Å². The number of carbonyl (C=O) groups excluding carboxylic acids is 1. The van der Waals surface area contributed by atoms with E-state index >= 15 is 0 Å². The number of nitrogens with zero attached hydrogens (tertiary/aromatic N) is 4. The fraction of sp³-hybridized carbons (Fsp3) is 0.556. The van der Waals surface area contributed by atoms with Gasteiger partial charge in [-0.05, 0) is 52.2 Å². The molecular weight excluding hydrogens is 288 g/mol. The normalized spacial score (nSPS) is 17.9. The highest BCUT2D eigenvalue weighted by Gasteiger charge is 2.31. The maximum atomic E-state index is 13.0. The number of likely N-dealkylation sites (tertiary alicyclic amines) is 1. The first kappa shape index (κ1) is 15.8. The quantitative estimate of drug-likeness (QED) is 0.871. The lowest BCUT2D eigenvalue weighted by Gasteiger charge is -2.25. The van der Waals surface area contributed by atoms with Gasteiger partial charge in [0.25, 0.3) is 5.91 Å². The number of hydrogen-bond acceptors (Lipinski definition) is 2. The summed E-state index contributed by atoms with van der Waals surface area (Å²) in [7, 11) is 0. The zero-order chi connectivity index (χ0) is 16.6. The molecule has 124 valence electrons. The van der Waals surface area contributed by atoms with E-state index in [1.54, 1.807) is 0 Å². The second-order valence-corrected chi connectivity index (χ2v) is 6.56. The van der Waals surface area contributed by atoms with Crippen LogP contribution < -0.4 is 0 Å². The van der Waals surface area contributed by atoms with Gasteiger partial charge in [0.2, 0.25) is 0 Å². The largest absolute Gasteiger partial charge is 0.349 e. The number of rotatable bonds is 4. The Balaban J connectivity index is 1.80. The Hall–Kier alpha value is -2.04. The molecule has 0 saturated carbocycles. The number of amides is 1. The van der Waals surface area contributed by atoms with Gasteiger partial charge < -0.3 is 9.47 Å². The van der Waals surface area contributed by atoms with E-state index in [0.717, 1.165) is 55.0 Å². The van der Waals surface area contributed by atoms with Crippen molar-refractivity contribution < 1.29 is 4.79 Å². The van der Waals surface area contributed by atoms with Crippen LogP contribution in [0.4, 0.5) is 0 Å². The number of aryl methyl sites for hydroxylation is 2. The summed E-state index contributed by atoms with van der Waals surface area (Å²) in [5.74, 6) is 0.171. The standard InChI is InChI=1S/C18H26N4O/c1-5-21-14(3)9-17(15(21)4)18(23)22-8-6-7-16(22)12-20-11-13(2)10-19-20/h9-11,16H,5-8,12H2,1-4H3. The molecule has 5 nitrogen and oxygen atoms in total. The summed E-state index contributed by atoms with van der Waals surface area (Å²) < 4.78 is 4.16.